The number of aromatic nitrogens is 1. The molecule has 3 heterocycles. The molecule has 0 saturated carbocycles. The van der Waals surface area contributed by atoms with Gasteiger partial charge >= 0.3 is 0 Å². The van der Waals surface area contributed by atoms with Crippen LogP contribution in [-0.4, -0.2) is 35.0 Å². The Morgan fingerprint density at radius 3 is 2.79 bits per heavy atom. The van der Waals surface area contributed by atoms with Crippen LogP contribution in [0.5, 0.6) is 11.5 Å². The van der Waals surface area contributed by atoms with E-state index in [1.165, 1.54) is 0 Å². The van der Waals surface area contributed by atoms with Gasteiger partial charge < -0.3 is 19.7 Å². The third kappa shape index (κ3) is 3.91. The Morgan fingerprint density at radius 2 is 1.97 bits per heavy atom. The minimum Gasteiger partial charge on any atom is -0.454 e. The zero-order valence-electron chi connectivity index (χ0n) is 18.4. The van der Waals surface area contributed by atoms with E-state index in [1.54, 1.807) is 18.5 Å². The highest BCUT2D eigenvalue weighted by molar-refractivity contribution is 6.01. The molecule has 33 heavy (non-hydrogen) atoms. The van der Waals surface area contributed by atoms with Crippen molar-refractivity contribution in [3.63, 3.8) is 0 Å². The highest BCUT2D eigenvalue weighted by Gasteiger charge is 2.44. The van der Waals surface area contributed by atoms with Crippen LogP contribution in [-0.2, 0) is 11.3 Å². The Balaban J connectivity index is 1.57. The molecular weight excluding hydrogens is 418 g/mol. The van der Waals surface area contributed by atoms with E-state index in [9.17, 15) is 9.59 Å². The van der Waals surface area contributed by atoms with E-state index < -0.39 is 12.0 Å². The van der Waals surface area contributed by atoms with Crippen molar-refractivity contribution in [3.8, 4) is 11.5 Å². The van der Waals surface area contributed by atoms with Crippen molar-refractivity contribution in [1.82, 2.24) is 15.2 Å². The van der Waals surface area contributed by atoms with Gasteiger partial charge in [-0.1, -0.05) is 37.3 Å². The first-order valence-electron chi connectivity index (χ1n) is 11.1. The zero-order valence-corrected chi connectivity index (χ0v) is 18.4. The van der Waals surface area contributed by atoms with E-state index in [4.69, 9.17) is 9.47 Å². The molecule has 2 atom stereocenters. The van der Waals surface area contributed by atoms with Gasteiger partial charge in [0.1, 0.15) is 0 Å². The number of benzene rings is 2. The van der Waals surface area contributed by atoms with Crippen LogP contribution in [0.1, 0.15) is 52.4 Å². The number of nitrogens with one attached hydrogen (secondary N) is 1. The topological polar surface area (TPSA) is 80.8 Å². The SMILES string of the molecule is CCCN1C(=O)c2ccccc2[C@H](C(=O)NCc2cccnc2)[C@@H]1c1ccc2c(c1)OCO2. The molecular formula is C26H25N3O4. The quantitative estimate of drug-likeness (QED) is 0.627. The van der Waals surface area contributed by atoms with Crippen LogP contribution >= 0.6 is 0 Å². The first kappa shape index (κ1) is 21.0. The molecule has 2 aromatic carbocycles. The fourth-order valence-electron chi connectivity index (χ4n) is 4.63. The Kier molecular flexibility index (Phi) is 5.69. The highest BCUT2D eigenvalue weighted by Crippen LogP contribution is 2.45. The predicted octanol–water partition coefficient (Wildman–Crippen LogP) is 3.82. The summed E-state index contributed by atoms with van der Waals surface area (Å²) >= 11 is 0. The van der Waals surface area contributed by atoms with Gasteiger partial charge in [-0.2, -0.15) is 0 Å². The summed E-state index contributed by atoms with van der Waals surface area (Å²) in [5.41, 5.74) is 3.07. The summed E-state index contributed by atoms with van der Waals surface area (Å²) in [7, 11) is 0. The third-order valence-electron chi connectivity index (χ3n) is 6.11. The van der Waals surface area contributed by atoms with Gasteiger partial charge in [-0.3, -0.25) is 14.6 Å². The molecule has 2 aliphatic heterocycles. The van der Waals surface area contributed by atoms with Gasteiger partial charge in [0, 0.05) is 31.0 Å². The van der Waals surface area contributed by atoms with Crippen molar-refractivity contribution in [2.24, 2.45) is 0 Å². The number of amides is 2. The maximum Gasteiger partial charge on any atom is 0.254 e. The second-order valence-corrected chi connectivity index (χ2v) is 8.20. The zero-order chi connectivity index (χ0) is 22.8. The van der Waals surface area contributed by atoms with Crippen molar-refractivity contribution in [1.29, 1.82) is 0 Å². The van der Waals surface area contributed by atoms with Crippen LogP contribution in [0.15, 0.2) is 67.0 Å². The minimum atomic E-state index is -0.567. The number of nitrogens with zero attached hydrogens (tertiary/aromatic N) is 2. The lowest BCUT2D eigenvalue weighted by atomic mass is 9.79. The molecule has 0 radical (unpaired) electrons. The summed E-state index contributed by atoms with van der Waals surface area (Å²) in [6, 6.07) is 16.3. The largest absolute Gasteiger partial charge is 0.454 e. The lowest BCUT2D eigenvalue weighted by molar-refractivity contribution is -0.124. The van der Waals surface area contributed by atoms with E-state index in [1.807, 2.05) is 60.4 Å². The fourth-order valence-corrected chi connectivity index (χ4v) is 4.63. The summed E-state index contributed by atoms with van der Waals surface area (Å²) in [5, 5.41) is 3.07. The number of carbonyl (C=O) groups is 2. The normalized spacial score (nSPS) is 18.7. The van der Waals surface area contributed by atoms with Gasteiger partial charge in [-0.15, -0.1) is 0 Å². The van der Waals surface area contributed by atoms with Gasteiger partial charge in [-0.25, -0.2) is 0 Å². The summed E-state index contributed by atoms with van der Waals surface area (Å²) in [6.45, 7) is 3.10. The summed E-state index contributed by atoms with van der Waals surface area (Å²) < 4.78 is 11.1. The van der Waals surface area contributed by atoms with Crippen LogP contribution in [0.4, 0.5) is 0 Å². The maximum absolute atomic E-state index is 13.7. The summed E-state index contributed by atoms with van der Waals surface area (Å²) in [6.07, 6.45) is 4.21. The number of carbonyl (C=O) groups excluding carboxylic acids is 2. The molecule has 0 unspecified atom stereocenters. The maximum atomic E-state index is 13.7. The molecule has 3 aromatic rings. The Morgan fingerprint density at radius 1 is 1.12 bits per heavy atom. The Labute approximate surface area is 192 Å². The lowest BCUT2D eigenvalue weighted by Crippen LogP contribution is -2.47. The average molecular weight is 444 g/mol. The van der Waals surface area contributed by atoms with Gasteiger partial charge in [0.15, 0.2) is 11.5 Å². The molecule has 0 aliphatic carbocycles. The number of fused-ring (bicyclic) bond motifs is 2. The van der Waals surface area contributed by atoms with E-state index in [0.717, 1.165) is 23.1 Å². The van der Waals surface area contributed by atoms with Crippen LogP contribution in [0.2, 0.25) is 0 Å². The minimum absolute atomic E-state index is 0.0635. The first-order chi connectivity index (χ1) is 16.2. The van der Waals surface area contributed by atoms with Crippen LogP contribution in [0, 0.1) is 0 Å². The molecule has 0 fully saturated rings. The molecule has 7 nitrogen and oxygen atoms in total. The van der Waals surface area contributed by atoms with E-state index >= 15 is 0 Å². The van der Waals surface area contributed by atoms with Gasteiger partial charge in [0.2, 0.25) is 12.7 Å². The third-order valence-corrected chi connectivity index (χ3v) is 6.11. The number of rotatable bonds is 6. The number of ether oxygens (including phenoxy) is 2. The fraction of sp³-hybridized carbons (Fsp3) is 0.269. The van der Waals surface area contributed by atoms with E-state index in [-0.39, 0.29) is 18.6 Å². The van der Waals surface area contributed by atoms with E-state index in [2.05, 4.69) is 10.3 Å². The molecule has 7 heteroatoms. The lowest BCUT2D eigenvalue weighted by Gasteiger charge is -2.41. The van der Waals surface area contributed by atoms with E-state index in [0.29, 0.717) is 30.2 Å². The standard InChI is InChI=1S/C26H25N3O4/c1-2-12-29-24(18-9-10-21-22(13-18)33-16-32-21)23(19-7-3-4-8-20(19)26(29)31)25(30)28-15-17-6-5-11-27-14-17/h3-11,13-14,23-24H,2,12,15-16H2,1H3,(H,28,30)/t23-,24-/m0/s1. The number of pyridine rings is 1. The molecule has 1 aromatic heterocycles. The summed E-state index contributed by atoms with van der Waals surface area (Å²) in [4.78, 5) is 33.1. The molecule has 1 N–H and O–H groups in total. The smallest absolute Gasteiger partial charge is 0.254 e. The molecule has 0 saturated heterocycles. The van der Waals surface area contributed by atoms with Crippen molar-refractivity contribution in [2.45, 2.75) is 31.8 Å². The molecule has 0 bridgehead atoms. The van der Waals surface area contributed by atoms with Crippen LogP contribution < -0.4 is 14.8 Å². The second kappa shape index (κ2) is 8.94. The van der Waals surface area contributed by atoms with Gasteiger partial charge in [0.05, 0.1) is 12.0 Å². The number of hydrogen-bond acceptors (Lipinski definition) is 5. The molecule has 0 spiro atoms. The molecule has 2 aliphatic rings. The van der Waals surface area contributed by atoms with Crippen LogP contribution in [0.25, 0.3) is 0 Å². The molecule has 168 valence electrons. The summed E-state index contributed by atoms with van der Waals surface area (Å²) in [5.74, 6) is 0.530. The van der Waals surface area contributed by atoms with Crippen molar-refractivity contribution in [3.05, 3.63) is 89.2 Å². The van der Waals surface area contributed by atoms with Crippen molar-refractivity contribution < 1.29 is 19.1 Å². The average Bonchev–Trinajstić information content (AvgIpc) is 3.33. The Hall–Kier alpha value is -3.87. The van der Waals surface area contributed by atoms with Gasteiger partial charge in [-0.05, 0) is 47.4 Å². The number of hydrogen-bond donors (Lipinski definition) is 1. The van der Waals surface area contributed by atoms with Crippen LogP contribution in [0.3, 0.4) is 0 Å². The Bertz CT molecular complexity index is 1180. The second-order valence-electron chi connectivity index (χ2n) is 8.20. The van der Waals surface area contributed by atoms with Crippen molar-refractivity contribution in [2.75, 3.05) is 13.3 Å². The first-order valence-corrected chi connectivity index (χ1v) is 11.1. The van der Waals surface area contributed by atoms with Gasteiger partial charge in [0.25, 0.3) is 5.91 Å². The molecule has 2 amide bonds. The predicted molar refractivity (Wildman–Crippen MR) is 122 cm³/mol. The monoisotopic (exact) mass is 443 g/mol. The highest BCUT2D eigenvalue weighted by atomic mass is 16.7. The molecule has 5 rings (SSSR count). The van der Waals surface area contributed by atoms with Crippen molar-refractivity contribution >= 4 is 11.8 Å².